The zero-order chi connectivity index (χ0) is 29.2. The molecule has 2 atom stereocenters. The van der Waals surface area contributed by atoms with Crippen LogP contribution in [0.15, 0.2) is 49.1 Å². The molecule has 9 nitrogen and oxygen atoms in total. The van der Waals surface area contributed by atoms with Gasteiger partial charge in [0.15, 0.2) is 0 Å². The predicted molar refractivity (Wildman–Crippen MR) is 166 cm³/mol. The average Bonchev–Trinajstić information content (AvgIpc) is 3.43. The van der Waals surface area contributed by atoms with Crippen LogP contribution >= 0.6 is 0 Å². The Labute approximate surface area is 248 Å². The molecule has 1 amide bonds. The zero-order valence-electron chi connectivity index (χ0n) is 24.6. The molecule has 0 saturated carbocycles. The number of anilines is 2. The monoisotopic (exact) mass is 565 g/mol. The fourth-order valence-electron chi connectivity index (χ4n) is 6.77. The van der Waals surface area contributed by atoms with E-state index in [4.69, 9.17) is 21.3 Å². The number of likely N-dealkylation sites (N-methyl/N-ethyl adjacent to an activating group) is 1. The molecular formula is C33H39N7O2. The van der Waals surface area contributed by atoms with Gasteiger partial charge < -0.3 is 29.2 Å². The van der Waals surface area contributed by atoms with Gasteiger partial charge in [0.05, 0.1) is 12.2 Å². The van der Waals surface area contributed by atoms with Crippen LogP contribution in [0.4, 0.5) is 11.5 Å². The first kappa shape index (κ1) is 28.0. The fourth-order valence-corrected chi connectivity index (χ4v) is 6.77. The molecule has 2 saturated heterocycles. The maximum atomic E-state index is 12.5. The average molecular weight is 566 g/mol. The summed E-state index contributed by atoms with van der Waals surface area (Å²) in [6, 6.07) is 13.5. The zero-order valence-corrected chi connectivity index (χ0v) is 24.6. The number of amides is 1. The number of likely N-dealkylation sites (tertiary alicyclic amines) is 1. The van der Waals surface area contributed by atoms with Crippen molar-refractivity contribution in [1.82, 2.24) is 19.8 Å². The van der Waals surface area contributed by atoms with Gasteiger partial charge in [-0.2, -0.15) is 9.97 Å². The number of carbonyl (C=O) groups excluding carboxylic acids is 1. The van der Waals surface area contributed by atoms with Crippen LogP contribution in [-0.2, 0) is 17.8 Å². The number of ether oxygens (including phenoxy) is 1. The number of carbonyl (C=O) groups is 1. The largest absolute Gasteiger partial charge is 0.462 e. The number of aryl methyl sites for hydroxylation is 1. The van der Waals surface area contributed by atoms with Crippen molar-refractivity contribution in [1.29, 1.82) is 0 Å². The Balaban J connectivity index is 1.34. The van der Waals surface area contributed by atoms with Crippen molar-refractivity contribution < 1.29 is 9.53 Å². The van der Waals surface area contributed by atoms with Crippen molar-refractivity contribution in [3.05, 3.63) is 77.3 Å². The first-order valence-electron chi connectivity index (χ1n) is 14.9. The Kier molecular flexibility index (Phi) is 7.98. The summed E-state index contributed by atoms with van der Waals surface area (Å²) in [5.74, 6) is 0.753. The van der Waals surface area contributed by atoms with E-state index in [9.17, 15) is 4.79 Å². The molecule has 3 aliphatic heterocycles. The van der Waals surface area contributed by atoms with Crippen molar-refractivity contribution in [2.45, 2.75) is 44.8 Å². The van der Waals surface area contributed by atoms with E-state index in [-0.39, 0.29) is 18.5 Å². The van der Waals surface area contributed by atoms with E-state index < -0.39 is 0 Å². The Hall–Kier alpha value is -4.16. The molecule has 9 heteroatoms. The molecule has 1 aromatic heterocycles. The first-order valence-corrected chi connectivity index (χ1v) is 14.9. The maximum absolute atomic E-state index is 12.5. The summed E-state index contributed by atoms with van der Waals surface area (Å²) in [7, 11) is 2.14. The molecule has 3 aliphatic rings. The number of fused-ring (bicyclic) bond motifs is 2. The second kappa shape index (κ2) is 12.0. The van der Waals surface area contributed by atoms with Crippen molar-refractivity contribution in [2.24, 2.45) is 0 Å². The van der Waals surface area contributed by atoms with E-state index in [2.05, 4.69) is 76.5 Å². The van der Waals surface area contributed by atoms with Crippen molar-refractivity contribution in [3.63, 3.8) is 0 Å². The lowest BCUT2D eigenvalue weighted by Gasteiger charge is -2.41. The number of aromatic nitrogens is 2. The Morgan fingerprint density at radius 1 is 1.12 bits per heavy atom. The van der Waals surface area contributed by atoms with E-state index in [1.165, 1.54) is 34.5 Å². The molecule has 1 unspecified atom stereocenters. The second-order valence-electron chi connectivity index (χ2n) is 11.6. The molecule has 3 aromatic rings. The van der Waals surface area contributed by atoms with Gasteiger partial charge in [-0.3, -0.25) is 4.79 Å². The van der Waals surface area contributed by atoms with Crippen LogP contribution in [0.5, 0.6) is 6.01 Å². The maximum Gasteiger partial charge on any atom is 0.318 e. The lowest BCUT2D eigenvalue weighted by molar-refractivity contribution is -0.128. The van der Waals surface area contributed by atoms with Gasteiger partial charge in [0.1, 0.15) is 18.5 Å². The number of piperazine rings is 1. The normalized spacial score (nSPS) is 20.8. The SMILES string of the molecule is [C-]#[N+]CC1CN(c2nc(OC[C@@H]3CCCN3C)nc3c2CCN(c2cccc4cccc(C)c24)C3)CCN1C(=O)C=C. The first-order chi connectivity index (χ1) is 20.5. The third kappa shape index (κ3) is 5.39. The van der Waals surface area contributed by atoms with Gasteiger partial charge in [-0.25, -0.2) is 6.57 Å². The smallest absolute Gasteiger partial charge is 0.318 e. The molecule has 2 aromatic carbocycles. The van der Waals surface area contributed by atoms with E-state index in [0.29, 0.717) is 44.8 Å². The summed E-state index contributed by atoms with van der Waals surface area (Å²) in [6.45, 7) is 18.4. The molecule has 0 bridgehead atoms. The minimum Gasteiger partial charge on any atom is -0.462 e. The minimum atomic E-state index is -0.220. The molecule has 2 fully saturated rings. The van der Waals surface area contributed by atoms with Gasteiger partial charge in [-0.05, 0) is 62.9 Å². The molecule has 42 heavy (non-hydrogen) atoms. The molecule has 0 spiro atoms. The fraction of sp³-hybridized carbons (Fsp3) is 0.455. The van der Waals surface area contributed by atoms with Gasteiger partial charge in [0, 0.05) is 48.9 Å². The Morgan fingerprint density at radius 2 is 1.95 bits per heavy atom. The Bertz CT molecular complexity index is 1530. The summed E-state index contributed by atoms with van der Waals surface area (Å²) in [5.41, 5.74) is 4.61. The topological polar surface area (TPSA) is 69.4 Å². The van der Waals surface area contributed by atoms with Gasteiger partial charge in [0.25, 0.3) is 0 Å². The third-order valence-corrected chi connectivity index (χ3v) is 9.07. The standard InChI is InChI=1S/C33H39N7O2/c1-5-30(41)40-18-17-39(20-26(40)19-34-3)32-27-14-16-38(29-13-7-11-24-10-6-9-23(2)31(24)29)21-28(27)35-33(36-32)42-22-25-12-8-15-37(25)4/h5-7,9-11,13,25-26H,1,8,12,14-22H2,2,4H3/t25-,26?/m0/s1. The minimum absolute atomic E-state index is 0.126. The highest BCUT2D eigenvalue weighted by Crippen LogP contribution is 2.36. The van der Waals surface area contributed by atoms with E-state index in [1.807, 2.05) is 0 Å². The lowest BCUT2D eigenvalue weighted by atomic mass is 9.99. The van der Waals surface area contributed by atoms with Crippen LogP contribution in [0.2, 0.25) is 0 Å². The number of nitrogens with zero attached hydrogens (tertiary/aromatic N) is 7. The number of rotatable bonds is 7. The number of hydrogen-bond donors (Lipinski definition) is 0. The predicted octanol–water partition coefficient (Wildman–Crippen LogP) is 4.10. The van der Waals surface area contributed by atoms with E-state index >= 15 is 0 Å². The molecular weight excluding hydrogens is 526 g/mol. The summed E-state index contributed by atoms with van der Waals surface area (Å²) < 4.78 is 6.30. The number of hydrogen-bond acceptors (Lipinski definition) is 7. The molecule has 0 radical (unpaired) electrons. The van der Waals surface area contributed by atoms with E-state index in [1.54, 1.807) is 4.90 Å². The molecule has 6 rings (SSSR count). The molecule has 4 heterocycles. The van der Waals surface area contributed by atoms with Crippen molar-refractivity contribution >= 4 is 28.2 Å². The molecule has 218 valence electrons. The highest BCUT2D eigenvalue weighted by atomic mass is 16.5. The number of benzene rings is 2. The third-order valence-electron chi connectivity index (χ3n) is 9.07. The van der Waals surface area contributed by atoms with Gasteiger partial charge >= 0.3 is 6.01 Å². The second-order valence-corrected chi connectivity index (χ2v) is 11.6. The van der Waals surface area contributed by atoms with Crippen LogP contribution in [0.3, 0.4) is 0 Å². The Morgan fingerprint density at radius 3 is 2.71 bits per heavy atom. The van der Waals surface area contributed by atoms with Crippen molar-refractivity contribution in [3.8, 4) is 6.01 Å². The quantitative estimate of drug-likeness (QED) is 0.316. The summed E-state index contributed by atoms with van der Waals surface area (Å²) in [5, 5.41) is 2.52. The van der Waals surface area contributed by atoms with Crippen LogP contribution < -0.4 is 14.5 Å². The summed E-state index contributed by atoms with van der Waals surface area (Å²) in [6.07, 6.45) is 4.43. The summed E-state index contributed by atoms with van der Waals surface area (Å²) in [4.78, 5) is 34.9. The lowest BCUT2D eigenvalue weighted by Crippen LogP contribution is -2.56. The van der Waals surface area contributed by atoms with Crippen LogP contribution in [-0.4, -0.2) is 90.7 Å². The van der Waals surface area contributed by atoms with Crippen LogP contribution in [0.25, 0.3) is 15.6 Å². The molecule has 0 N–H and O–H groups in total. The summed E-state index contributed by atoms with van der Waals surface area (Å²) >= 11 is 0. The van der Waals surface area contributed by atoms with Crippen LogP contribution in [0, 0.1) is 13.5 Å². The molecule has 0 aliphatic carbocycles. The highest BCUT2D eigenvalue weighted by Gasteiger charge is 2.35. The van der Waals surface area contributed by atoms with Gasteiger partial charge in [-0.1, -0.05) is 36.9 Å². The van der Waals surface area contributed by atoms with Gasteiger partial charge in [-0.15, -0.1) is 0 Å². The van der Waals surface area contributed by atoms with Crippen LogP contribution in [0.1, 0.15) is 29.7 Å². The van der Waals surface area contributed by atoms with Crippen molar-refractivity contribution in [2.75, 3.05) is 62.7 Å². The highest BCUT2D eigenvalue weighted by molar-refractivity contribution is 5.97. The van der Waals surface area contributed by atoms with Gasteiger partial charge in [0.2, 0.25) is 12.5 Å². The van der Waals surface area contributed by atoms with E-state index in [0.717, 1.165) is 43.0 Å².